The van der Waals surface area contributed by atoms with Crippen LogP contribution < -0.4 is 14.2 Å². The second-order valence-corrected chi connectivity index (χ2v) is 7.08. The Labute approximate surface area is 169 Å². The molecule has 2 aromatic rings. The molecule has 2 aliphatic rings. The van der Waals surface area contributed by atoms with E-state index in [0.29, 0.717) is 68.6 Å². The largest absolute Gasteiger partial charge is 0.497 e. The van der Waals surface area contributed by atoms with E-state index in [1.54, 1.807) is 49.6 Å². The maximum absolute atomic E-state index is 12.7. The van der Waals surface area contributed by atoms with E-state index in [-0.39, 0.29) is 11.7 Å². The lowest BCUT2D eigenvalue weighted by Gasteiger charge is -2.34. The van der Waals surface area contributed by atoms with Crippen molar-refractivity contribution in [3.05, 3.63) is 53.6 Å². The lowest BCUT2D eigenvalue weighted by molar-refractivity contribution is 0.0624. The van der Waals surface area contributed by atoms with Crippen molar-refractivity contribution in [3.63, 3.8) is 0 Å². The van der Waals surface area contributed by atoms with Gasteiger partial charge >= 0.3 is 0 Å². The highest BCUT2D eigenvalue weighted by molar-refractivity contribution is 5.98. The number of piperazine rings is 1. The molecule has 0 aliphatic carbocycles. The van der Waals surface area contributed by atoms with E-state index in [9.17, 15) is 9.59 Å². The number of carbonyl (C=O) groups is 2. The summed E-state index contributed by atoms with van der Waals surface area (Å²) in [7, 11) is 1.60. The number of hydrogen-bond acceptors (Lipinski definition) is 6. The summed E-state index contributed by atoms with van der Waals surface area (Å²) in [6.07, 6.45) is 0. The minimum absolute atomic E-state index is 0.00506. The van der Waals surface area contributed by atoms with Crippen LogP contribution in [-0.4, -0.2) is 74.5 Å². The van der Waals surface area contributed by atoms with Gasteiger partial charge in [0.25, 0.3) is 5.91 Å². The average molecular weight is 396 g/mol. The van der Waals surface area contributed by atoms with Gasteiger partial charge in [0, 0.05) is 37.3 Å². The molecule has 1 saturated heterocycles. The van der Waals surface area contributed by atoms with E-state index in [0.717, 1.165) is 5.75 Å². The molecule has 0 bridgehead atoms. The number of amides is 1. The van der Waals surface area contributed by atoms with Gasteiger partial charge in [-0.05, 0) is 42.5 Å². The van der Waals surface area contributed by atoms with Gasteiger partial charge in [0.05, 0.1) is 13.7 Å². The van der Waals surface area contributed by atoms with Crippen molar-refractivity contribution in [2.45, 2.75) is 0 Å². The number of Topliss-reactive ketones (excluding diaryl/α,β-unsaturated/α-hetero) is 1. The average Bonchev–Trinajstić information content (AvgIpc) is 2.79. The highest BCUT2D eigenvalue weighted by atomic mass is 16.6. The van der Waals surface area contributed by atoms with Gasteiger partial charge < -0.3 is 19.1 Å². The Hall–Kier alpha value is -3.06. The fourth-order valence-corrected chi connectivity index (χ4v) is 3.54. The van der Waals surface area contributed by atoms with Gasteiger partial charge in [0.15, 0.2) is 17.3 Å². The number of carbonyl (C=O) groups excluding carboxylic acids is 2. The second kappa shape index (κ2) is 8.53. The smallest absolute Gasteiger partial charge is 0.253 e. The number of ketones is 1. The first-order chi connectivity index (χ1) is 14.1. The summed E-state index contributed by atoms with van der Waals surface area (Å²) in [4.78, 5) is 29.2. The highest BCUT2D eigenvalue weighted by Crippen LogP contribution is 2.31. The minimum atomic E-state index is 0.00506. The highest BCUT2D eigenvalue weighted by Gasteiger charge is 2.24. The summed E-state index contributed by atoms with van der Waals surface area (Å²) >= 11 is 0. The molecule has 2 heterocycles. The van der Waals surface area contributed by atoms with E-state index in [4.69, 9.17) is 14.2 Å². The lowest BCUT2D eigenvalue weighted by Crippen LogP contribution is -2.49. The first kappa shape index (κ1) is 19.3. The quantitative estimate of drug-likeness (QED) is 0.721. The Bertz CT molecular complexity index is 889. The molecule has 4 rings (SSSR count). The van der Waals surface area contributed by atoms with Crippen LogP contribution in [0, 0.1) is 0 Å². The van der Waals surface area contributed by atoms with Gasteiger partial charge in [0.1, 0.15) is 19.0 Å². The maximum atomic E-state index is 12.7. The molecule has 7 heteroatoms. The topological polar surface area (TPSA) is 68.3 Å². The predicted molar refractivity (Wildman–Crippen MR) is 107 cm³/mol. The van der Waals surface area contributed by atoms with Crippen LogP contribution in [-0.2, 0) is 0 Å². The van der Waals surface area contributed by atoms with E-state index in [2.05, 4.69) is 4.90 Å². The molecule has 2 aliphatic heterocycles. The van der Waals surface area contributed by atoms with Gasteiger partial charge in [-0.2, -0.15) is 0 Å². The van der Waals surface area contributed by atoms with Gasteiger partial charge in [-0.1, -0.05) is 0 Å². The maximum Gasteiger partial charge on any atom is 0.253 e. The molecule has 0 radical (unpaired) electrons. The van der Waals surface area contributed by atoms with Crippen molar-refractivity contribution in [3.8, 4) is 17.2 Å². The molecule has 29 heavy (non-hydrogen) atoms. The van der Waals surface area contributed by atoms with Crippen LogP contribution in [0.15, 0.2) is 42.5 Å². The molecule has 1 fully saturated rings. The Morgan fingerprint density at radius 1 is 0.897 bits per heavy atom. The van der Waals surface area contributed by atoms with Crippen LogP contribution in [0.4, 0.5) is 0 Å². The van der Waals surface area contributed by atoms with Crippen LogP contribution in [0.3, 0.4) is 0 Å². The normalized spacial score (nSPS) is 16.4. The van der Waals surface area contributed by atoms with Crippen LogP contribution in [0.5, 0.6) is 17.2 Å². The number of rotatable bonds is 5. The predicted octanol–water partition coefficient (Wildman–Crippen LogP) is 2.11. The fourth-order valence-electron chi connectivity index (χ4n) is 3.54. The van der Waals surface area contributed by atoms with E-state index >= 15 is 0 Å². The zero-order valence-corrected chi connectivity index (χ0v) is 16.4. The molecule has 2 aromatic carbocycles. The molecule has 0 aromatic heterocycles. The van der Waals surface area contributed by atoms with Crippen molar-refractivity contribution in [2.75, 3.05) is 53.0 Å². The zero-order chi connectivity index (χ0) is 20.2. The molecule has 0 spiro atoms. The molecular formula is C22H24N2O5. The number of ether oxygens (including phenoxy) is 3. The van der Waals surface area contributed by atoms with Crippen molar-refractivity contribution in [1.82, 2.24) is 9.80 Å². The van der Waals surface area contributed by atoms with Gasteiger partial charge in [0.2, 0.25) is 0 Å². The van der Waals surface area contributed by atoms with E-state index in [1.807, 2.05) is 4.90 Å². The van der Waals surface area contributed by atoms with Crippen LogP contribution in [0.1, 0.15) is 20.7 Å². The molecule has 0 atom stereocenters. The summed E-state index contributed by atoms with van der Waals surface area (Å²) in [6.45, 7) is 3.87. The Balaban J connectivity index is 1.31. The Morgan fingerprint density at radius 2 is 1.55 bits per heavy atom. The zero-order valence-electron chi connectivity index (χ0n) is 16.4. The molecule has 0 unspecified atom stereocenters. The number of methoxy groups -OCH3 is 1. The van der Waals surface area contributed by atoms with Crippen LogP contribution >= 0.6 is 0 Å². The van der Waals surface area contributed by atoms with E-state index < -0.39 is 0 Å². The molecule has 1 amide bonds. The first-order valence-electron chi connectivity index (χ1n) is 9.72. The van der Waals surface area contributed by atoms with Crippen molar-refractivity contribution < 1.29 is 23.8 Å². The molecule has 0 N–H and O–H groups in total. The number of benzene rings is 2. The Kier molecular flexibility index (Phi) is 5.67. The summed E-state index contributed by atoms with van der Waals surface area (Å²) in [5.41, 5.74) is 1.26. The second-order valence-electron chi connectivity index (χ2n) is 7.08. The monoisotopic (exact) mass is 396 g/mol. The summed E-state index contributed by atoms with van der Waals surface area (Å²) in [5, 5.41) is 0. The number of hydrogen-bond donors (Lipinski definition) is 0. The van der Waals surface area contributed by atoms with E-state index in [1.165, 1.54) is 0 Å². The van der Waals surface area contributed by atoms with Gasteiger partial charge in [-0.25, -0.2) is 0 Å². The minimum Gasteiger partial charge on any atom is -0.497 e. The Morgan fingerprint density at radius 3 is 2.24 bits per heavy atom. The molecule has 7 nitrogen and oxygen atoms in total. The standard InChI is InChI=1S/C22H24N2O5/c1-27-18-5-2-16(3-6-18)22(26)24-10-8-23(9-11-24)15-19(25)17-4-7-20-21(14-17)29-13-12-28-20/h2-7,14H,8-13,15H2,1H3. The van der Waals surface area contributed by atoms with Crippen molar-refractivity contribution in [1.29, 1.82) is 0 Å². The van der Waals surface area contributed by atoms with Crippen LogP contribution in [0.25, 0.3) is 0 Å². The van der Waals surface area contributed by atoms with Gasteiger partial charge in [-0.3, -0.25) is 14.5 Å². The lowest BCUT2D eigenvalue weighted by atomic mass is 10.1. The third kappa shape index (κ3) is 4.35. The summed E-state index contributed by atoms with van der Waals surface area (Å²) < 4.78 is 16.2. The van der Waals surface area contributed by atoms with Crippen LogP contribution in [0.2, 0.25) is 0 Å². The van der Waals surface area contributed by atoms with Gasteiger partial charge in [-0.15, -0.1) is 0 Å². The summed E-state index contributed by atoms with van der Waals surface area (Å²) in [6, 6.07) is 12.4. The third-order valence-electron chi connectivity index (χ3n) is 5.23. The first-order valence-corrected chi connectivity index (χ1v) is 9.72. The summed E-state index contributed by atoms with van der Waals surface area (Å²) in [5.74, 6) is 2.07. The molecular weight excluding hydrogens is 372 g/mol. The number of fused-ring (bicyclic) bond motifs is 1. The number of nitrogens with zero attached hydrogens (tertiary/aromatic N) is 2. The fraction of sp³-hybridized carbons (Fsp3) is 0.364. The van der Waals surface area contributed by atoms with Crippen molar-refractivity contribution in [2.24, 2.45) is 0 Å². The van der Waals surface area contributed by atoms with Crippen molar-refractivity contribution >= 4 is 11.7 Å². The molecule has 0 saturated carbocycles. The SMILES string of the molecule is COc1ccc(C(=O)N2CCN(CC(=O)c3ccc4c(c3)OCCO4)CC2)cc1. The third-order valence-corrected chi connectivity index (χ3v) is 5.23. The molecule has 152 valence electrons.